The van der Waals surface area contributed by atoms with Crippen molar-refractivity contribution in [3.63, 3.8) is 0 Å². The normalized spacial score (nSPS) is 20.5. The second-order valence-electron chi connectivity index (χ2n) is 5.40. The molecule has 3 unspecified atom stereocenters. The van der Waals surface area contributed by atoms with E-state index in [0.29, 0.717) is 11.8 Å². The number of halogens is 2. The van der Waals surface area contributed by atoms with Crippen molar-refractivity contribution in [2.45, 2.75) is 37.2 Å². The van der Waals surface area contributed by atoms with Gasteiger partial charge in [-0.05, 0) is 43.2 Å². The molecule has 22 heavy (non-hydrogen) atoms. The van der Waals surface area contributed by atoms with Crippen LogP contribution in [0.1, 0.15) is 31.4 Å². The largest absolute Gasteiger partial charge is 0.386 e. The molecule has 1 aromatic carbocycles. The van der Waals surface area contributed by atoms with Crippen LogP contribution >= 0.6 is 11.8 Å². The van der Waals surface area contributed by atoms with E-state index in [0.717, 1.165) is 24.3 Å². The molecule has 0 radical (unpaired) electrons. The summed E-state index contributed by atoms with van der Waals surface area (Å²) in [4.78, 5) is 11.8. The molecule has 0 aromatic heterocycles. The van der Waals surface area contributed by atoms with Gasteiger partial charge in [-0.15, -0.1) is 0 Å². The van der Waals surface area contributed by atoms with Crippen LogP contribution in [0.3, 0.4) is 0 Å². The van der Waals surface area contributed by atoms with Gasteiger partial charge in [0, 0.05) is 11.8 Å². The number of rotatable bonds is 5. The van der Waals surface area contributed by atoms with Crippen molar-refractivity contribution >= 4 is 17.8 Å². The molecule has 0 saturated carbocycles. The average Bonchev–Trinajstić information content (AvgIpc) is 3.00. The Morgan fingerprint density at radius 1 is 1.45 bits per heavy atom. The molecule has 2 rings (SSSR count). The molecule has 1 fully saturated rings. The minimum Gasteiger partial charge on any atom is -0.386 e. The third kappa shape index (κ3) is 4.58. The van der Waals surface area contributed by atoms with E-state index in [1.165, 1.54) is 12.5 Å². The van der Waals surface area contributed by atoms with Crippen molar-refractivity contribution < 1.29 is 18.7 Å². The van der Waals surface area contributed by atoms with Gasteiger partial charge in [0.25, 0.3) is 0 Å². The van der Waals surface area contributed by atoms with Crippen LogP contribution in [0.4, 0.5) is 13.6 Å². The highest BCUT2D eigenvalue weighted by Crippen LogP contribution is 2.25. The van der Waals surface area contributed by atoms with Crippen molar-refractivity contribution in [2.24, 2.45) is 0 Å². The summed E-state index contributed by atoms with van der Waals surface area (Å²) in [5.41, 5.74) is 0.220. The van der Waals surface area contributed by atoms with Crippen LogP contribution in [-0.2, 0) is 0 Å². The number of carbonyl (C=O) groups is 1. The fourth-order valence-electron chi connectivity index (χ4n) is 2.33. The zero-order valence-electron chi connectivity index (χ0n) is 12.3. The van der Waals surface area contributed by atoms with E-state index < -0.39 is 23.8 Å². The first-order chi connectivity index (χ1) is 10.5. The lowest BCUT2D eigenvalue weighted by molar-refractivity contribution is 0.137. The van der Waals surface area contributed by atoms with Gasteiger partial charge >= 0.3 is 6.03 Å². The van der Waals surface area contributed by atoms with Gasteiger partial charge in [-0.2, -0.15) is 11.8 Å². The number of hydrogen-bond donors (Lipinski definition) is 3. The van der Waals surface area contributed by atoms with Gasteiger partial charge in [-0.3, -0.25) is 0 Å². The molecule has 4 nitrogen and oxygen atoms in total. The summed E-state index contributed by atoms with van der Waals surface area (Å²) in [7, 11) is 0. The van der Waals surface area contributed by atoms with Gasteiger partial charge in [0.15, 0.2) is 11.6 Å². The number of benzene rings is 1. The molecule has 1 aliphatic heterocycles. The van der Waals surface area contributed by atoms with E-state index in [-0.39, 0.29) is 11.6 Å². The molecule has 0 aliphatic carbocycles. The molecule has 1 aromatic rings. The van der Waals surface area contributed by atoms with E-state index in [2.05, 4.69) is 10.6 Å². The van der Waals surface area contributed by atoms with Crippen LogP contribution < -0.4 is 10.6 Å². The van der Waals surface area contributed by atoms with E-state index in [1.807, 2.05) is 11.8 Å². The second kappa shape index (κ2) is 7.78. The van der Waals surface area contributed by atoms with Crippen LogP contribution in [0.15, 0.2) is 18.2 Å². The lowest BCUT2D eigenvalue weighted by Gasteiger charge is -2.21. The molecule has 1 aliphatic rings. The molecule has 2 amide bonds. The van der Waals surface area contributed by atoms with Gasteiger partial charge in [-0.1, -0.05) is 6.07 Å². The number of nitrogens with one attached hydrogen (secondary N) is 2. The molecule has 3 atom stereocenters. The number of amides is 2. The lowest BCUT2D eigenvalue weighted by atomic mass is 10.0. The van der Waals surface area contributed by atoms with Crippen molar-refractivity contribution in [1.29, 1.82) is 0 Å². The maximum Gasteiger partial charge on any atom is 0.315 e. The maximum absolute atomic E-state index is 13.2. The Kier molecular flexibility index (Phi) is 6.02. The molecular formula is C15H20F2N2O2S. The predicted octanol–water partition coefficient (Wildman–Crippen LogP) is 2.58. The molecule has 122 valence electrons. The number of hydrogen-bond acceptors (Lipinski definition) is 3. The third-order valence-electron chi connectivity index (χ3n) is 3.63. The first-order valence-electron chi connectivity index (χ1n) is 7.26. The zero-order valence-corrected chi connectivity index (χ0v) is 13.1. The number of aliphatic hydroxyl groups is 1. The Labute approximate surface area is 132 Å². The summed E-state index contributed by atoms with van der Waals surface area (Å²) in [6.45, 7) is 2.19. The SMILES string of the molecule is CC(NC(=O)NCC1CCCS1)C(O)c1ccc(F)c(F)c1. The van der Waals surface area contributed by atoms with Gasteiger partial charge in [0.1, 0.15) is 0 Å². The Morgan fingerprint density at radius 2 is 2.23 bits per heavy atom. The van der Waals surface area contributed by atoms with Gasteiger partial charge in [0.05, 0.1) is 12.1 Å². The highest BCUT2D eigenvalue weighted by Gasteiger charge is 2.21. The van der Waals surface area contributed by atoms with E-state index in [4.69, 9.17) is 0 Å². The average molecular weight is 330 g/mol. The molecule has 7 heteroatoms. The Balaban J connectivity index is 1.83. The number of aliphatic hydroxyl groups excluding tert-OH is 1. The summed E-state index contributed by atoms with van der Waals surface area (Å²) >= 11 is 1.84. The van der Waals surface area contributed by atoms with Crippen LogP contribution in [0, 0.1) is 11.6 Å². The molecule has 3 N–H and O–H groups in total. The third-order valence-corrected chi connectivity index (χ3v) is 5.03. The second-order valence-corrected chi connectivity index (χ2v) is 6.80. The summed E-state index contributed by atoms with van der Waals surface area (Å²) in [6.07, 6.45) is 1.16. The number of carbonyl (C=O) groups excluding carboxylic acids is 1. The smallest absolute Gasteiger partial charge is 0.315 e. The van der Waals surface area contributed by atoms with Crippen LogP contribution in [0.25, 0.3) is 0 Å². The summed E-state index contributed by atoms with van der Waals surface area (Å²) in [5.74, 6) is -0.867. The Bertz CT molecular complexity index is 524. The van der Waals surface area contributed by atoms with Crippen LogP contribution in [0.2, 0.25) is 0 Å². The predicted molar refractivity (Wildman–Crippen MR) is 82.8 cm³/mol. The van der Waals surface area contributed by atoms with Crippen LogP contribution in [0.5, 0.6) is 0 Å². The van der Waals surface area contributed by atoms with Crippen molar-refractivity contribution in [3.8, 4) is 0 Å². The van der Waals surface area contributed by atoms with Crippen molar-refractivity contribution in [2.75, 3.05) is 12.3 Å². The Morgan fingerprint density at radius 3 is 2.86 bits per heavy atom. The number of urea groups is 1. The Hall–Kier alpha value is -1.34. The van der Waals surface area contributed by atoms with E-state index >= 15 is 0 Å². The van der Waals surface area contributed by atoms with Gasteiger partial charge in [0.2, 0.25) is 0 Å². The minimum absolute atomic E-state index is 0.220. The summed E-state index contributed by atoms with van der Waals surface area (Å²) in [5, 5.41) is 15.9. The van der Waals surface area contributed by atoms with Gasteiger partial charge < -0.3 is 15.7 Å². The zero-order chi connectivity index (χ0) is 16.1. The minimum atomic E-state index is -1.11. The maximum atomic E-state index is 13.2. The van der Waals surface area contributed by atoms with Gasteiger partial charge in [-0.25, -0.2) is 13.6 Å². The highest BCUT2D eigenvalue weighted by atomic mass is 32.2. The molecule has 0 bridgehead atoms. The fraction of sp³-hybridized carbons (Fsp3) is 0.533. The molecule has 1 saturated heterocycles. The first-order valence-corrected chi connectivity index (χ1v) is 8.31. The molecular weight excluding hydrogens is 310 g/mol. The van der Waals surface area contributed by atoms with Crippen molar-refractivity contribution in [1.82, 2.24) is 10.6 Å². The molecule has 1 heterocycles. The number of thioether (sulfide) groups is 1. The van der Waals surface area contributed by atoms with Crippen molar-refractivity contribution in [3.05, 3.63) is 35.4 Å². The quantitative estimate of drug-likeness (QED) is 0.778. The highest BCUT2D eigenvalue weighted by molar-refractivity contribution is 8.00. The standard InChI is InChI=1S/C15H20F2N2O2S/c1-9(14(20)10-4-5-12(16)13(17)7-10)19-15(21)18-8-11-3-2-6-22-11/h4-5,7,9,11,14,20H,2-3,6,8H2,1H3,(H2,18,19,21). The van der Waals surface area contributed by atoms with Crippen LogP contribution in [-0.4, -0.2) is 34.7 Å². The fourth-order valence-corrected chi connectivity index (χ4v) is 3.53. The first kappa shape index (κ1) is 17.0. The topological polar surface area (TPSA) is 61.4 Å². The lowest BCUT2D eigenvalue weighted by Crippen LogP contribution is -2.45. The monoisotopic (exact) mass is 330 g/mol. The summed E-state index contributed by atoms with van der Waals surface area (Å²) in [6, 6.07) is 2.19. The summed E-state index contributed by atoms with van der Waals surface area (Å²) < 4.78 is 26.1. The van der Waals surface area contributed by atoms with E-state index in [9.17, 15) is 18.7 Å². The molecule has 0 spiro atoms. The van der Waals surface area contributed by atoms with E-state index in [1.54, 1.807) is 6.92 Å².